The summed E-state index contributed by atoms with van der Waals surface area (Å²) in [6.07, 6.45) is 4.25. The van der Waals surface area contributed by atoms with Crippen LogP contribution in [0.15, 0.2) is 58.1 Å². The van der Waals surface area contributed by atoms with Crippen LogP contribution in [0.2, 0.25) is 0 Å². The van der Waals surface area contributed by atoms with Crippen molar-refractivity contribution in [2.75, 3.05) is 27.2 Å². The fourth-order valence-electron chi connectivity index (χ4n) is 2.92. The lowest BCUT2D eigenvalue weighted by Crippen LogP contribution is -2.46. The molecule has 6 heteroatoms. The van der Waals surface area contributed by atoms with E-state index in [9.17, 15) is 9.59 Å². The summed E-state index contributed by atoms with van der Waals surface area (Å²) in [4.78, 5) is 32.3. The van der Waals surface area contributed by atoms with E-state index in [1.807, 2.05) is 69.6 Å². The number of aromatic nitrogens is 2. The summed E-state index contributed by atoms with van der Waals surface area (Å²) in [5.41, 5.74) is 2.08. The van der Waals surface area contributed by atoms with Crippen LogP contribution in [0.25, 0.3) is 12.2 Å². The number of ether oxygens (including phenoxy) is 1. The van der Waals surface area contributed by atoms with E-state index in [-0.39, 0.29) is 21.8 Å². The molecule has 3 aromatic rings. The third-order valence-corrected chi connectivity index (χ3v) is 4.58. The molecule has 156 valence electrons. The Morgan fingerprint density at radius 1 is 0.833 bits per heavy atom. The smallest absolute Gasteiger partial charge is 0.272 e. The van der Waals surface area contributed by atoms with Crippen LogP contribution >= 0.6 is 0 Å². The second-order valence-electron chi connectivity index (χ2n) is 7.51. The van der Waals surface area contributed by atoms with Gasteiger partial charge in [0.05, 0.1) is 6.61 Å². The van der Waals surface area contributed by atoms with Crippen LogP contribution in [0.1, 0.15) is 23.1 Å². The van der Waals surface area contributed by atoms with Crippen molar-refractivity contribution < 1.29 is 4.74 Å². The number of nitrogens with one attached hydrogen (secondary N) is 2. The van der Waals surface area contributed by atoms with Crippen molar-refractivity contribution in [1.82, 2.24) is 14.9 Å². The van der Waals surface area contributed by atoms with Gasteiger partial charge >= 0.3 is 0 Å². The largest absolute Gasteiger partial charge is 0.494 e. The second-order valence-corrected chi connectivity index (χ2v) is 7.51. The Balaban J connectivity index is 1.79. The van der Waals surface area contributed by atoms with Crippen molar-refractivity contribution in [3.63, 3.8) is 0 Å². The van der Waals surface area contributed by atoms with E-state index in [4.69, 9.17) is 4.74 Å². The molecule has 0 unspecified atom stereocenters. The van der Waals surface area contributed by atoms with Crippen molar-refractivity contribution >= 4 is 12.2 Å². The first-order valence-electron chi connectivity index (χ1n) is 9.91. The first-order chi connectivity index (χ1) is 14.4. The molecule has 0 atom stereocenters. The summed E-state index contributed by atoms with van der Waals surface area (Å²) in [6, 6.07) is 15.1. The Labute approximate surface area is 175 Å². The average molecular weight is 405 g/mol. The van der Waals surface area contributed by atoms with E-state index in [0.717, 1.165) is 35.4 Å². The highest BCUT2D eigenvalue weighted by molar-refractivity contribution is 5.50. The van der Waals surface area contributed by atoms with Gasteiger partial charge in [0.25, 0.3) is 11.1 Å². The minimum atomic E-state index is -0.350. The normalized spacial score (nSPS) is 12.5. The Morgan fingerprint density at radius 3 is 1.83 bits per heavy atom. The Bertz CT molecular complexity index is 1200. The van der Waals surface area contributed by atoms with Crippen molar-refractivity contribution in [3.05, 3.63) is 96.6 Å². The Hall–Kier alpha value is -3.38. The highest BCUT2D eigenvalue weighted by Gasteiger charge is 1.99. The van der Waals surface area contributed by atoms with Gasteiger partial charge in [-0.15, -0.1) is 0 Å². The molecule has 3 rings (SSSR count). The summed E-state index contributed by atoms with van der Waals surface area (Å²) in [7, 11) is 4.06. The number of benzene rings is 2. The highest BCUT2D eigenvalue weighted by Crippen LogP contribution is 2.12. The van der Waals surface area contributed by atoms with Crippen LogP contribution in [-0.4, -0.2) is 42.1 Å². The van der Waals surface area contributed by atoms with Gasteiger partial charge in [-0.05, 0) is 62.9 Å². The van der Waals surface area contributed by atoms with Gasteiger partial charge in [-0.25, -0.2) is 0 Å². The van der Waals surface area contributed by atoms with E-state index < -0.39 is 0 Å². The van der Waals surface area contributed by atoms with Gasteiger partial charge < -0.3 is 19.6 Å². The summed E-state index contributed by atoms with van der Waals surface area (Å²) < 4.78 is 5.71. The van der Waals surface area contributed by atoms with E-state index in [1.165, 1.54) is 0 Å². The van der Waals surface area contributed by atoms with Gasteiger partial charge in [-0.3, -0.25) is 9.59 Å². The fourth-order valence-corrected chi connectivity index (χ4v) is 2.92. The quantitative estimate of drug-likeness (QED) is 0.582. The topological polar surface area (TPSA) is 78.2 Å². The maximum atomic E-state index is 12.4. The zero-order valence-corrected chi connectivity index (χ0v) is 17.6. The zero-order chi connectivity index (χ0) is 21.5. The van der Waals surface area contributed by atoms with Gasteiger partial charge in [0.1, 0.15) is 16.4 Å². The standard InChI is InChI=1S/C24H27N3O3/c1-17-5-7-18(8-6-17)15-21-23(28)26-22(24(29)25-21)16-19-9-11-20(12-10-19)30-14-4-13-27(2)3/h5-12,15-16H,4,13-14H2,1-3H3,(H,25,29)(H,26,28)/b21-15-,22-16-. The number of aryl methyl sites for hydroxylation is 1. The molecule has 1 aromatic heterocycles. The lowest BCUT2D eigenvalue weighted by atomic mass is 10.1. The summed E-state index contributed by atoms with van der Waals surface area (Å²) in [5.74, 6) is 0.774. The number of H-pyrrole nitrogens is 2. The van der Waals surface area contributed by atoms with Crippen LogP contribution in [0.3, 0.4) is 0 Å². The van der Waals surface area contributed by atoms with Crippen LogP contribution in [0.4, 0.5) is 0 Å². The third-order valence-electron chi connectivity index (χ3n) is 4.58. The molecule has 2 aromatic carbocycles. The Kier molecular flexibility index (Phi) is 7.03. The molecular weight excluding hydrogens is 378 g/mol. The van der Waals surface area contributed by atoms with Gasteiger partial charge in [0.15, 0.2) is 0 Å². The number of aromatic amines is 2. The molecule has 0 radical (unpaired) electrons. The average Bonchev–Trinajstić information content (AvgIpc) is 2.72. The van der Waals surface area contributed by atoms with Crippen molar-refractivity contribution in [3.8, 4) is 5.75 Å². The molecule has 0 aliphatic carbocycles. The summed E-state index contributed by atoms with van der Waals surface area (Å²) in [5, 5.41) is 0.434. The maximum absolute atomic E-state index is 12.4. The third kappa shape index (κ3) is 6.06. The molecule has 2 N–H and O–H groups in total. The van der Waals surface area contributed by atoms with Gasteiger partial charge in [-0.2, -0.15) is 0 Å². The van der Waals surface area contributed by atoms with Gasteiger partial charge in [0, 0.05) is 6.54 Å². The summed E-state index contributed by atoms with van der Waals surface area (Å²) >= 11 is 0. The first-order valence-corrected chi connectivity index (χ1v) is 9.91. The molecule has 0 saturated heterocycles. The first kappa shape index (κ1) is 21.3. The maximum Gasteiger partial charge on any atom is 0.272 e. The lowest BCUT2D eigenvalue weighted by molar-refractivity contribution is 0.281. The fraction of sp³-hybridized carbons (Fsp3) is 0.250. The molecule has 0 aliphatic heterocycles. The van der Waals surface area contributed by atoms with Crippen LogP contribution in [0.5, 0.6) is 5.75 Å². The monoisotopic (exact) mass is 405 g/mol. The molecule has 0 spiro atoms. The molecule has 0 saturated carbocycles. The molecule has 0 bridgehead atoms. The van der Waals surface area contributed by atoms with Crippen LogP contribution in [0, 0.1) is 6.92 Å². The molecule has 0 fully saturated rings. The van der Waals surface area contributed by atoms with Gasteiger partial charge in [-0.1, -0.05) is 42.0 Å². The second kappa shape index (κ2) is 9.89. The molecule has 6 nitrogen and oxygen atoms in total. The van der Waals surface area contributed by atoms with E-state index in [2.05, 4.69) is 14.9 Å². The SMILES string of the molecule is Cc1ccc(/C=c2\[nH]c(=O)/c(=C/c3ccc(OCCCN(C)C)cc3)[nH]c2=O)cc1. The molecular formula is C24H27N3O3. The highest BCUT2D eigenvalue weighted by atomic mass is 16.5. The minimum Gasteiger partial charge on any atom is -0.494 e. The van der Waals surface area contributed by atoms with Crippen molar-refractivity contribution in [2.24, 2.45) is 0 Å². The van der Waals surface area contributed by atoms with Gasteiger partial charge in [0.2, 0.25) is 0 Å². The number of hydrogen-bond acceptors (Lipinski definition) is 4. The lowest BCUT2D eigenvalue weighted by Gasteiger charge is -2.10. The van der Waals surface area contributed by atoms with Crippen LogP contribution in [-0.2, 0) is 0 Å². The zero-order valence-electron chi connectivity index (χ0n) is 17.6. The molecule has 0 aliphatic rings. The molecule has 30 heavy (non-hydrogen) atoms. The molecule has 1 heterocycles. The predicted octanol–water partition coefficient (Wildman–Crippen LogP) is 1.36. The van der Waals surface area contributed by atoms with Crippen LogP contribution < -0.4 is 26.6 Å². The van der Waals surface area contributed by atoms with Crippen molar-refractivity contribution in [2.45, 2.75) is 13.3 Å². The van der Waals surface area contributed by atoms with E-state index >= 15 is 0 Å². The van der Waals surface area contributed by atoms with E-state index in [1.54, 1.807) is 12.2 Å². The predicted molar refractivity (Wildman–Crippen MR) is 120 cm³/mol. The Morgan fingerprint density at radius 2 is 1.33 bits per heavy atom. The molecule has 0 amide bonds. The minimum absolute atomic E-state index is 0.209. The number of rotatable bonds is 7. The number of nitrogens with zero attached hydrogens (tertiary/aromatic N) is 1. The number of hydrogen-bond donors (Lipinski definition) is 2. The van der Waals surface area contributed by atoms with E-state index in [0.29, 0.717) is 6.61 Å². The summed E-state index contributed by atoms with van der Waals surface area (Å²) in [6.45, 7) is 3.61. The van der Waals surface area contributed by atoms with Crippen molar-refractivity contribution in [1.29, 1.82) is 0 Å².